The van der Waals surface area contributed by atoms with Crippen LogP contribution in [0.3, 0.4) is 0 Å². The van der Waals surface area contributed by atoms with Gasteiger partial charge in [0.1, 0.15) is 5.75 Å². The van der Waals surface area contributed by atoms with E-state index >= 15 is 0 Å². The van der Waals surface area contributed by atoms with Crippen molar-refractivity contribution in [3.63, 3.8) is 0 Å². The monoisotopic (exact) mass is 281 g/mol. The standard InChI is InChI=1S/C15H23NO2S/c1-11-15(8-9-18-11)19-10-14(16-2)12-4-6-13(17-3)7-5-12/h4-7,11,14-16H,8-10H2,1-3H3. The molecule has 1 aromatic carbocycles. The molecule has 1 aliphatic heterocycles. The highest BCUT2D eigenvalue weighted by molar-refractivity contribution is 8.00. The number of hydrogen-bond acceptors (Lipinski definition) is 4. The molecule has 3 nitrogen and oxygen atoms in total. The summed E-state index contributed by atoms with van der Waals surface area (Å²) in [4.78, 5) is 0. The normalized spacial score (nSPS) is 24.4. The summed E-state index contributed by atoms with van der Waals surface area (Å²) in [7, 11) is 3.71. The summed E-state index contributed by atoms with van der Waals surface area (Å²) in [5, 5.41) is 4.03. The van der Waals surface area contributed by atoms with Crippen LogP contribution in [0.1, 0.15) is 24.9 Å². The summed E-state index contributed by atoms with van der Waals surface area (Å²) in [5.74, 6) is 1.98. The van der Waals surface area contributed by atoms with Crippen LogP contribution in [0, 0.1) is 0 Å². The van der Waals surface area contributed by atoms with Gasteiger partial charge in [-0.15, -0.1) is 0 Å². The van der Waals surface area contributed by atoms with Crippen LogP contribution < -0.4 is 10.1 Å². The lowest BCUT2D eigenvalue weighted by Crippen LogP contribution is -2.22. The first-order valence-electron chi connectivity index (χ1n) is 6.79. The van der Waals surface area contributed by atoms with E-state index in [1.54, 1.807) is 7.11 Å². The third-order valence-corrected chi connectivity index (χ3v) is 5.22. The van der Waals surface area contributed by atoms with E-state index in [-0.39, 0.29) is 0 Å². The van der Waals surface area contributed by atoms with E-state index < -0.39 is 0 Å². The zero-order valence-corrected chi connectivity index (χ0v) is 12.7. The lowest BCUT2D eigenvalue weighted by Gasteiger charge is -2.20. The molecule has 3 atom stereocenters. The quantitative estimate of drug-likeness (QED) is 0.868. The molecule has 19 heavy (non-hydrogen) atoms. The molecular weight excluding hydrogens is 258 g/mol. The van der Waals surface area contributed by atoms with Crippen molar-refractivity contribution in [2.75, 3.05) is 26.5 Å². The number of methoxy groups -OCH3 is 1. The van der Waals surface area contributed by atoms with Gasteiger partial charge >= 0.3 is 0 Å². The molecule has 1 heterocycles. The molecule has 0 bridgehead atoms. The van der Waals surface area contributed by atoms with Gasteiger partial charge in [-0.3, -0.25) is 0 Å². The number of hydrogen-bond donors (Lipinski definition) is 1. The molecule has 4 heteroatoms. The van der Waals surface area contributed by atoms with Gasteiger partial charge < -0.3 is 14.8 Å². The van der Waals surface area contributed by atoms with Crippen molar-refractivity contribution in [3.05, 3.63) is 29.8 Å². The Kier molecular flexibility index (Phi) is 5.55. The molecule has 2 rings (SSSR count). The Bertz CT molecular complexity index is 382. The maximum absolute atomic E-state index is 5.61. The van der Waals surface area contributed by atoms with E-state index in [1.165, 1.54) is 12.0 Å². The number of benzene rings is 1. The molecule has 0 spiro atoms. The first kappa shape index (κ1) is 14.7. The van der Waals surface area contributed by atoms with Gasteiger partial charge in [-0.2, -0.15) is 11.8 Å². The van der Waals surface area contributed by atoms with Crippen LogP contribution in [0.5, 0.6) is 5.75 Å². The fraction of sp³-hybridized carbons (Fsp3) is 0.600. The van der Waals surface area contributed by atoms with Crippen molar-refractivity contribution in [1.29, 1.82) is 0 Å². The maximum atomic E-state index is 5.61. The number of rotatable bonds is 6. The SMILES string of the molecule is CNC(CSC1CCOC1C)c1ccc(OC)cc1. The maximum Gasteiger partial charge on any atom is 0.118 e. The van der Waals surface area contributed by atoms with Crippen LogP contribution in [0.2, 0.25) is 0 Å². The Balaban J connectivity index is 1.91. The van der Waals surface area contributed by atoms with E-state index in [4.69, 9.17) is 9.47 Å². The van der Waals surface area contributed by atoms with Gasteiger partial charge in [-0.1, -0.05) is 12.1 Å². The van der Waals surface area contributed by atoms with Crippen LogP contribution in [0.15, 0.2) is 24.3 Å². The van der Waals surface area contributed by atoms with Gasteiger partial charge in [0, 0.05) is 23.7 Å². The molecule has 1 saturated heterocycles. The van der Waals surface area contributed by atoms with Crippen molar-refractivity contribution >= 4 is 11.8 Å². The Morgan fingerprint density at radius 1 is 1.42 bits per heavy atom. The molecule has 1 aliphatic rings. The van der Waals surface area contributed by atoms with Crippen molar-refractivity contribution in [2.24, 2.45) is 0 Å². The minimum Gasteiger partial charge on any atom is -0.497 e. The van der Waals surface area contributed by atoms with E-state index in [9.17, 15) is 0 Å². The largest absolute Gasteiger partial charge is 0.497 e. The second-order valence-corrected chi connectivity index (χ2v) is 6.12. The fourth-order valence-electron chi connectivity index (χ4n) is 2.33. The topological polar surface area (TPSA) is 30.5 Å². The van der Waals surface area contributed by atoms with Crippen LogP contribution in [-0.4, -0.2) is 37.9 Å². The van der Waals surface area contributed by atoms with Crippen molar-refractivity contribution in [1.82, 2.24) is 5.32 Å². The van der Waals surface area contributed by atoms with Gasteiger partial charge in [0.05, 0.1) is 13.2 Å². The molecule has 0 amide bonds. The predicted octanol–water partition coefficient (Wildman–Crippen LogP) is 2.87. The average molecular weight is 281 g/mol. The van der Waals surface area contributed by atoms with E-state index in [0.29, 0.717) is 17.4 Å². The summed E-state index contributed by atoms with van der Waals surface area (Å²) in [6.07, 6.45) is 1.56. The Morgan fingerprint density at radius 3 is 2.68 bits per heavy atom. The zero-order chi connectivity index (χ0) is 13.7. The average Bonchev–Trinajstić information content (AvgIpc) is 2.86. The molecule has 1 fully saturated rings. The first-order chi connectivity index (χ1) is 9.24. The van der Waals surface area contributed by atoms with Gasteiger partial charge in [-0.25, -0.2) is 0 Å². The van der Waals surface area contributed by atoms with Crippen LogP contribution in [0.4, 0.5) is 0 Å². The minimum atomic E-state index is 0.378. The summed E-state index contributed by atoms with van der Waals surface area (Å²) in [6.45, 7) is 3.08. The molecule has 0 aliphatic carbocycles. The molecule has 0 saturated carbocycles. The molecule has 3 unspecified atom stereocenters. The van der Waals surface area contributed by atoms with Crippen LogP contribution >= 0.6 is 11.8 Å². The van der Waals surface area contributed by atoms with Crippen LogP contribution in [-0.2, 0) is 4.74 Å². The van der Waals surface area contributed by atoms with Gasteiger partial charge in [0.15, 0.2) is 0 Å². The molecule has 0 aromatic heterocycles. The van der Waals surface area contributed by atoms with Gasteiger partial charge in [0.25, 0.3) is 0 Å². The Hall–Kier alpha value is -0.710. The summed E-state index contributed by atoms with van der Waals surface area (Å²) >= 11 is 2.01. The highest BCUT2D eigenvalue weighted by Crippen LogP contribution is 2.30. The van der Waals surface area contributed by atoms with E-state index in [0.717, 1.165) is 18.1 Å². The third-order valence-electron chi connectivity index (χ3n) is 3.65. The lowest BCUT2D eigenvalue weighted by atomic mass is 10.1. The second kappa shape index (κ2) is 7.17. The van der Waals surface area contributed by atoms with Gasteiger partial charge in [-0.05, 0) is 38.1 Å². The third kappa shape index (κ3) is 3.88. The van der Waals surface area contributed by atoms with Crippen molar-refractivity contribution < 1.29 is 9.47 Å². The number of nitrogens with one attached hydrogen (secondary N) is 1. The van der Waals surface area contributed by atoms with Gasteiger partial charge in [0.2, 0.25) is 0 Å². The van der Waals surface area contributed by atoms with E-state index in [1.807, 2.05) is 30.9 Å². The zero-order valence-electron chi connectivity index (χ0n) is 11.9. The van der Waals surface area contributed by atoms with Crippen molar-refractivity contribution in [3.8, 4) is 5.75 Å². The summed E-state index contributed by atoms with van der Waals surface area (Å²) in [6, 6.07) is 8.69. The molecule has 1 aromatic rings. The smallest absolute Gasteiger partial charge is 0.118 e. The molecule has 1 N–H and O–H groups in total. The number of ether oxygens (including phenoxy) is 2. The first-order valence-corrected chi connectivity index (χ1v) is 7.84. The minimum absolute atomic E-state index is 0.378. The molecule has 0 radical (unpaired) electrons. The Labute approximate surface area is 120 Å². The van der Waals surface area contributed by atoms with E-state index in [2.05, 4.69) is 24.4 Å². The fourth-order valence-corrected chi connectivity index (χ4v) is 3.74. The molecule has 106 valence electrons. The number of thioether (sulfide) groups is 1. The highest BCUT2D eigenvalue weighted by atomic mass is 32.2. The molecular formula is C15H23NO2S. The Morgan fingerprint density at radius 2 is 2.16 bits per heavy atom. The van der Waals surface area contributed by atoms with Crippen molar-refractivity contribution in [2.45, 2.75) is 30.7 Å². The summed E-state index contributed by atoms with van der Waals surface area (Å²) in [5.41, 5.74) is 1.31. The lowest BCUT2D eigenvalue weighted by molar-refractivity contribution is 0.127. The highest BCUT2D eigenvalue weighted by Gasteiger charge is 2.25. The van der Waals surface area contributed by atoms with Crippen LogP contribution in [0.25, 0.3) is 0 Å². The second-order valence-electron chi connectivity index (χ2n) is 4.85. The predicted molar refractivity (Wildman–Crippen MR) is 81.1 cm³/mol. The summed E-state index contributed by atoms with van der Waals surface area (Å²) < 4.78 is 10.8.